The van der Waals surface area contributed by atoms with E-state index >= 15 is 0 Å². The van der Waals surface area contributed by atoms with E-state index in [1.54, 1.807) is 12.1 Å². The number of nitrogens with zero attached hydrogens (tertiary/aromatic N) is 1. The Hall–Kier alpha value is -1.98. The van der Waals surface area contributed by atoms with Gasteiger partial charge in [-0.25, -0.2) is 12.8 Å². The zero-order chi connectivity index (χ0) is 16.3. The van der Waals surface area contributed by atoms with Gasteiger partial charge in [0.2, 0.25) is 0 Å². The lowest BCUT2D eigenvalue weighted by Gasteiger charge is -2.27. The molecule has 0 radical (unpaired) electrons. The molecule has 3 nitrogen and oxygen atoms in total. The first kappa shape index (κ1) is 15.9. The maximum atomic E-state index is 13.4. The maximum Gasteiger partial charge on any atom is 0.173 e. The normalized spacial score (nSPS) is 19.3. The van der Waals surface area contributed by atoms with Gasteiger partial charge >= 0.3 is 0 Å². The Bertz CT molecular complexity index is 803. The van der Waals surface area contributed by atoms with Crippen LogP contribution in [0.1, 0.15) is 11.1 Å². The fraction of sp³-hybridized carbons (Fsp3) is 0.222. The summed E-state index contributed by atoms with van der Waals surface area (Å²) in [6.45, 7) is 1.11. The second kappa shape index (κ2) is 6.64. The third-order valence-corrected chi connectivity index (χ3v) is 5.26. The fourth-order valence-corrected chi connectivity index (χ4v) is 4.09. The average molecular weight is 331 g/mol. The first-order valence-electron chi connectivity index (χ1n) is 7.45. The molecule has 1 aliphatic rings. The zero-order valence-electron chi connectivity index (χ0n) is 12.6. The Morgan fingerprint density at radius 3 is 2.35 bits per heavy atom. The molecule has 3 rings (SSSR count). The smallest absolute Gasteiger partial charge is 0.173 e. The van der Waals surface area contributed by atoms with Crippen LogP contribution in [0.4, 0.5) is 4.39 Å². The molecule has 1 aliphatic heterocycles. The van der Waals surface area contributed by atoms with Crippen LogP contribution in [-0.2, 0) is 22.9 Å². The topological polar surface area (TPSA) is 37.4 Å². The Morgan fingerprint density at radius 1 is 1.00 bits per heavy atom. The predicted octanol–water partition coefficient (Wildman–Crippen LogP) is 3.14. The van der Waals surface area contributed by atoms with Crippen molar-refractivity contribution in [1.29, 1.82) is 0 Å². The molecule has 0 aromatic heterocycles. The number of hydrogen-bond acceptors (Lipinski definition) is 3. The van der Waals surface area contributed by atoms with Gasteiger partial charge in [-0.2, -0.15) is 0 Å². The van der Waals surface area contributed by atoms with Crippen LogP contribution in [0.15, 0.2) is 66.1 Å². The highest BCUT2D eigenvalue weighted by Gasteiger charge is 2.27. The van der Waals surface area contributed by atoms with Gasteiger partial charge in [-0.15, -0.1) is 0 Å². The number of rotatable bonds is 5. The van der Waals surface area contributed by atoms with Crippen molar-refractivity contribution in [2.24, 2.45) is 0 Å². The summed E-state index contributed by atoms with van der Waals surface area (Å²) >= 11 is 0. The highest BCUT2D eigenvalue weighted by molar-refractivity contribution is 7.94. The fourth-order valence-electron chi connectivity index (χ4n) is 2.76. The Morgan fingerprint density at radius 2 is 1.70 bits per heavy atom. The van der Waals surface area contributed by atoms with Crippen LogP contribution in [0, 0.1) is 5.82 Å². The molecule has 5 heteroatoms. The minimum atomic E-state index is -3.13. The van der Waals surface area contributed by atoms with Crippen molar-refractivity contribution in [3.8, 4) is 0 Å². The van der Waals surface area contributed by atoms with E-state index in [-0.39, 0.29) is 17.6 Å². The molecule has 23 heavy (non-hydrogen) atoms. The van der Waals surface area contributed by atoms with Crippen molar-refractivity contribution in [3.05, 3.63) is 83.0 Å². The third-order valence-electron chi connectivity index (χ3n) is 3.88. The van der Waals surface area contributed by atoms with Gasteiger partial charge in [-0.05, 0) is 23.3 Å². The van der Waals surface area contributed by atoms with Crippen molar-refractivity contribution in [2.45, 2.75) is 19.1 Å². The molecule has 0 unspecified atom stereocenters. The van der Waals surface area contributed by atoms with E-state index in [1.165, 1.54) is 17.5 Å². The lowest BCUT2D eigenvalue weighted by Crippen LogP contribution is -2.35. The van der Waals surface area contributed by atoms with Crippen LogP contribution in [0.3, 0.4) is 0 Å². The molecule has 2 aromatic rings. The summed E-state index contributed by atoms with van der Waals surface area (Å²) < 4.78 is 36.9. The number of benzene rings is 2. The molecule has 0 bridgehead atoms. The first-order chi connectivity index (χ1) is 11.0. The van der Waals surface area contributed by atoms with Gasteiger partial charge in [0.1, 0.15) is 5.82 Å². The minimum absolute atomic E-state index is 0.0785. The van der Waals surface area contributed by atoms with E-state index in [9.17, 15) is 12.8 Å². The zero-order valence-corrected chi connectivity index (χ0v) is 13.4. The van der Waals surface area contributed by atoms with Crippen LogP contribution in [0.2, 0.25) is 0 Å². The molecule has 0 amide bonds. The van der Waals surface area contributed by atoms with Crippen LogP contribution in [0.5, 0.6) is 0 Å². The van der Waals surface area contributed by atoms with E-state index in [2.05, 4.69) is 4.90 Å². The van der Waals surface area contributed by atoms with E-state index in [1.807, 2.05) is 36.4 Å². The van der Waals surface area contributed by atoms with Crippen LogP contribution in [-0.4, -0.2) is 25.1 Å². The summed E-state index contributed by atoms with van der Waals surface area (Å²) in [7, 11) is -3.13. The standard InChI is InChI=1S/C18H18FNO2S/c19-17-8-4-7-16(11-17)13-20(12-15-5-2-1-3-6-15)18-9-10-23(21,22)14-18/h1-11,18H,12-14H2/t18-/m0/s1. The lowest BCUT2D eigenvalue weighted by atomic mass is 10.1. The Balaban J connectivity index is 1.83. The van der Waals surface area contributed by atoms with Gasteiger partial charge in [-0.1, -0.05) is 48.5 Å². The van der Waals surface area contributed by atoms with Crippen molar-refractivity contribution in [3.63, 3.8) is 0 Å². The van der Waals surface area contributed by atoms with Gasteiger partial charge in [0, 0.05) is 24.5 Å². The van der Waals surface area contributed by atoms with Crippen LogP contribution in [0.25, 0.3) is 0 Å². The summed E-state index contributed by atoms with van der Waals surface area (Å²) in [5.74, 6) is -0.202. The van der Waals surface area contributed by atoms with Crippen LogP contribution < -0.4 is 0 Å². The largest absolute Gasteiger partial charge is 0.287 e. The Labute approximate surface area is 136 Å². The molecule has 0 fully saturated rings. The minimum Gasteiger partial charge on any atom is -0.287 e. The van der Waals surface area contributed by atoms with Gasteiger partial charge in [0.05, 0.1) is 5.75 Å². The summed E-state index contributed by atoms with van der Waals surface area (Å²) in [6, 6.07) is 16.1. The number of sulfone groups is 1. The maximum absolute atomic E-state index is 13.4. The summed E-state index contributed by atoms with van der Waals surface area (Å²) in [5, 5.41) is 1.28. The highest BCUT2D eigenvalue weighted by atomic mass is 32.2. The van der Waals surface area contributed by atoms with E-state index < -0.39 is 9.84 Å². The molecule has 0 aliphatic carbocycles. The molecular weight excluding hydrogens is 313 g/mol. The summed E-state index contributed by atoms with van der Waals surface area (Å²) in [5.41, 5.74) is 1.93. The van der Waals surface area contributed by atoms with E-state index in [4.69, 9.17) is 0 Å². The molecule has 1 heterocycles. The van der Waals surface area contributed by atoms with Crippen molar-refractivity contribution >= 4 is 9.84 Å². The van der Waals surface area contributed by atoms with E-state index in [0.717, 1.165) is 11.1 Å². The van der Waals surface area contributed by atoms with Gasteiger partial charge in [0.15, 0.2) is 9.84 Å². The molecular formula is C18H18FNO2S. The van der Waals surface area contributed by atoms with Gasteiger partial charge in [-0.3, -0.25) is 4.90 Å². The molecule has 120 valence electrons. The molecule has 0 saturated carbocycles. The molecule has 0 N–H and O–H groups in total. The number of hydrogen-bond donors (Lipinski definition) is 0. The Kier molecular flexibility index (Phi) is 4.59. The second-order valence-electron chi connectivity index (χ2n) is 5.75. The number of halogens is 1. The molecule has 1 atom stereocenters. The van der Waals surface area contributed by atoms with Gasteiger partial charge < -0.3 is 0 Å². The summed E-state index contributed by atoms with van der Waals surface area (Å²) in [6.07, 6.45) is 1.72. The monoisotopic (exact) mass is 331 g/mol. The quantitative estimate of drug-likeness (QED) is 0.845. The van der Waals surface area contributed by atoms with Crippen molar-refractivity contribution in [1.82, 2.24) is 4.90 Å². The molecule has 0 spiro atoms. The SMILES string of the molecule is O=S1(=O)C=C[C@H](N(Cc2ccccc2)Cc2cccc(F)c2)C1. The van der Waals surface area contributed by atoms with Crippen molar-refractivity contribution < 1.29 is 12.8 Å². The molecule has 0 saturated heterocycles. The van der Waals surface area contributed by atoms with Crippen LogP contribution >= 0.6 is 0 Å². The average Bonchev–Trinajstić information content (AvgIpc) is 2.88. The van der Waals surface area contributed by atoms with Crippen molar-refractivity contribution in [2.75, 3.05) is 5.75 Å². The van der Waals surface area contributed by atoms with E-state index in [0.29, 0.717) is 13.1 Å². The third kappa shape index (κ3) is 4.27. The van der Waals surface area contributed by atoms with Gasteiger partial charge in [0.25, 0.3) is 0 Å². The predicted molar refractivity (Wildman–Crippen MR) is 88.8 cm³/mol. The summed E-state index contributed by atoms with van der Waals surface area (Å²) in [4.78, 5) is 2.06. The molecule has 2 aromatic carbocycles. The first-order valence-corrected chi connectivity index (χ1v) is 9.17. The highest BCUT2D eigenvalue weighted by Crippen LogP contribution is 2.20. The second-order valence-corrected chi connectivity index (χ2v) is 7.68. The lowest BCUT2D eigenvalue weighted by molar-refractivity contribution is 0.226.